The number of anilines is 1. The van der Waals surface area contributed by atoms with Crippen molar-refractivity contribution in [3.05, 3.63) is 53.3 Å². The van der Waals surface area contributed by atoms with Crippen LogP contribution in [0, 0.1) is 6.92 Å². The number of amides is 1. The summed E-state index contributed by atoms with van der Waals surface area (Å²) in [4.78, 5) is 15.9. The molecule has 0 saturated heterocycles. The van der Waals surface area contributed by atoms with E-state index in [1.165, 1.54) is 6.20 Å². The highest BCUT2D eigenvalue weighted by atomic mass is 35.5. The topological polar surface area (TPSA) is 51.2 Å². The average molecular weight is 291 g/mol. The lowest BCUT2D eigenvalue weighted by Gasteiger charge is -2.14. The number of benzene rings is 1. The molecule has 0 radical (unpaired) electrons. The molecule has 1 aromatic carbocycles. The number of ether oxygens (including phenoxy) is 1. The van der Waals surface area contributed by atoms with Gasteiger partial charge >= 0.3 is 0 Å². The summed E-state index contributed by atoms with van der Waals surface area (Å²) >= 11 is 5.68. The third-order valence-corrected chi connectivity index (χ3v) is 2.92. The second kappa shape index (κ2) is 6.39. The number of aromatic nitrogens is 1. The van der Waals surface area contributed by atoms with Crippen LogP contribution < -0.4 is 10.1 Å². The highest BCUT2D eigenvalue weighted by molar-refractivity contribution is 6.29. The third-order valence-electron chi connectivity index (χ3n) is 2.70. The van der Waals surface area contributed by atoms with Crippen LogP contribution in [0.2, 0.25) is 5.15 Å². The predicted molar refractivity (Wildman–Crippen MR) is 79.1 cm³/mol. The first kappa shape index (κ1) is 14.3. The van der Waals surface area contributed by atoms with Crippen molar-refractivity contribution in [3.63, 3.8) is 0 Å². The van der Waals surface area contributed by atoms with Crippen molar-refractivity contribution in [2.24, 2.45) is 0 Å². The summed E-state index contributed by atoms with van der Waals surface area (Å²) in [5, 5.41) is 3.10. The fourth-order valence-electron chi connectivity index (χ4n) is 1.57. The Bertz CT molecular complexity index is 582. The fourth-order valence-corrected chi connectivity index (χ4v) is 1.68. The van der Waals surface area contributed by atoms with Gasteiger partial charge in [-0.2, -0.15) is 0 Å². The number of hydrogen-bond acceptors (Lipinski definition) is 3. The van der Waals surface area contributed by atoms with Gasteiger partial charge in [0.25, 0.3) is 5.91 Å². The second-order valence-corrected chi connectivity index (χ2v) is 4.82. The van der Waals surface area contributed by atoms with Gasteiger partial charge in [-0.25, -0.2) is 4.98 Å². The molecule has 2 rings (SSSR count). The van der Waals surface area contributed by atoms with Gasteiger partial charge in [-0.3, -0.25) is 4.79 Å². The predicted octanol–water partition coefficient (Wildman–Crippen LogP) is 3.45. The van der Waals surface area contributed by atoms with E-state index >= 15 is 0 Å². The van der Waals surface area contributed by atoms with Crippen molar-refractivity contribution >= 4 is 23.2 Å². The molecule has 2 aromatic rings. The lowest BCUT2D eigenvalue weighted by atomic mass is 10.2. The molecule has 1 N–H and O–H groups in total. The minimum Gasteiger partial charge on any atom is -0.481 e. The molecule has 104 valence electrons. The number of halogens is 1. The lowest BCUT2D eigenvalue weighted by molar-refractivity contribution is -0.122. The Morgan fingerprint density at radius 1 is 1.25 bits per heavy atom. The standard InChI is InChI=1S/C15H15ClN2O2/c1-10-3-6-13(7-4-10)20-11(2)15(19)18-12-5-8-14(16)17-9-12/h3-9,11H,1-2H3,(H,18,19). The molecule has 1 amide bonds. The molecule has 1 aromatic heterocycles. The van der Waals surface area contributed by atoms with Gasteiger partial charge in [0, 0.05) is 0 Å². The van der Waals surface area contributed by atoms with Crippen LogP contribution in [-0.4, -0.2) is 17.0 Å². The summed E-state index contributed by atoms with van der Waals surface area (Å²) in [5.41, 5.74) is 1.72. The second-order valence-electron chi connectivity index (χ2n) is 4.43. The van der Waals surface area contributed by atoms with E-state index in [1.54, 1.807) is 19.1 Å². The number of nitrogens with one attached hydrogen (secondary N) is 1. The molecule has 4 nitrogen and oxygen atoms in total. The molecule has 0 aliphatic rings. The van der Waals surface area contributed by atoms with Crippen molar-refractivity contribution in [3.8, 4) is 5.75 Å². The maximum absolute atomic E-state index is 12.0. The Balaban J connectivity index is 1.94. The maximum Gasteiger partial charge on any atom is 0.265 e. The zero-order chi connectivity index (χ0) is 14.5. The Kier molecular flexibility index (Phi) is 4.58. The fraction of sp³-hybridized carbons (Fsp3) is 0.200. The summed E-state index contributed by atoms with van der Waals surface area (Å²) in [6.45, 7) is 3.69. The van der Waals surface area contributed by atoms with E-state index in [1.807, 2.05) is 31.2 Å². The van der Waals surface area contributed by atoms with Crippen LogP contribution in [0.25, 0.3) is 0 Å². The number of rotatable bonds is 4. The van der Waals surface area contributed by atoms with E-state index < -0.39 is 6.10 Å². The van der Waals surface area contributed by atoms with Crippen molar-refractivity contribution in [1.82, 2.24) is 4.98 Å². The van der Waals surface area contributed by atoms with Gasteiger partial charge in [0.2, 0.25) is 0 Å². The minimum atomic E-state index is -0.603. The number of nitrogens with zero attached hydrogens (tertiary/aromatic N) is 1. The Labute approximate surface area is 122 Å². The first-order valence-corrected chi connectivity index (χ1v) is 6.58. The summed E-state index contributed by atoms with van der Waals surface area (Å²) in [6, 6.07) is 10.8. The Morgan fingerprint density at radius 2 is 1.95 bits per heavy atom. The third kappa shape index (κ3) is 3.96. The lowest BCUT2D eigenvalue weighted by Crippen LogP contribution is -2.30. The average Bonchev–Trinajstić information content (AvgIpc) is 2.44. The largest absolute Gasteiger partial charge is 0.481 e. The molecular weight excluding hydrogens is 276 g/mol. The van der Waals surface area contributed by atoms with Gasteiger partial charge in [-0.05, 0) is 38.1 Å². The molecule has 0 fully saturated rings. The van der Waals surface area contributed by atoms with Crippen LogP contribution >= 0.6 is 11.6 Å². The first-order chi connectivity index (χ1) is 9.54. The minimum absolute atomic E-state index is 0.241. The molecule has 20 heavy (non-hydrogen) atoms. The summed E-state index contributed by atoms with van der Waals surface area (Å²) in [5.74, 6) is 0.419. The van der Waals surface area contributed by atoms with E-state index in [0.717, 1.165) is 5.56 Å². The van der Waals surface area contributed by atoms with Gasteiger partial charge in [0.05, 0.1) is 11.9 Å². The number of hydrogen-bond donors (Lipinski definition) is 1. The number of carbonyl (C=O) groups excluding carboxylic acids is 1. The van der Waals surface area contributed by atoms with E-state index in [9.17, 15) is 4.79 Å². The van der Waals surface area contributed by atoms with Crippen molar-refractivity contribution < 1.29 is 9.53 Å². The van der Waals surface area contributed by atoms with Crippen LogP contribution in [0.15, 0.2) is 42.6 Å². The number of carbonyl (C=O) groups is 1. The van der Waals surface area contributed by atoms with Gasteiger partial charge in [0.15, 0.2) is 6.10 Å². The quantitative estimate of drug-likeness (QED) is 0.878. The molecule has 5 heteroatoms. The van der Waals surface area contributed by atoms with Gasteiger partial charge in [-0.1, -0.05) is 29.3 Å². The van der Waals surface area contributed by atoms with Crippen molar-refractivity contribution in [2.45, 2.75) is 20.0 Å². The highest BCUT2D eigenvalue weighted by Gasteiger charge is 2.14. The molecule has 0 spiro atoms. The highest BCUT2D eigenvalue weighted by Crippen LogP contribution is 2.15. The normalized spacial score (nSPS) is 11.8. The molecule has 1 heterocycles. The maximum atomic E-state index is 12.0. The smallest absolute Gasteiger partial charge is 0.265 e. The van der Waals surface area contributed by atoms with E-state index in [4.69, 9.17) is 16.3 Å². The number of pyridine rings is 1. The van der Waals surface area contributed by atoms with E-state index in [0.29, 0.717) is 16.6 Å². The SMILES string of the molecule is Cc1ccc(OC(C)C(=O)Nc2ccc(Cl)nc2)cc1. The molecule has 0 aliphatic heterocycles. The van der Waals surface area contributed by atoms with Crippen molar-refractivity contribution in [2.75, 3.05) is 5.32 Å². The van der Waals surface area contributed by atoms with Crippen LogP contribution in [0.3, 0.4) is 0 Å². The zero-order valence-corrected chi connectivity index (χ0v) is 12.0. The molecule has 1 atom stereocenters. The van der Waals surface area contributed by atoms with E-state index in [2.05, 4.69) is 10.3 Å². The van der Waals surface area contributed by atoms with Crippen LogP contribution in [-0.2, 0) is 4.79 Å². The summed E-state index contributed by atoms with van der Waals surface area (Å²) < 4.78 is 5.57. The van der Waals surface area contributed by atoms with Gasteiger partial charge in [-0.15, -0.1) is 0 Å². The van der Waals surface area contributed by atoms with E-state index in [-0.39, 0.29) is 5.91 Å². The Hall–Kier alpha value is -2.07. The molecule has 0 saturated carbocycles. The van der Waals surface area contributed by atoms with Gasteiger partial charge in [0.1, 0.15) is 10.9 Å². The van der Waals surface area contributed by atoms with Gasteiger partial charge < -0.3 is 10.1 Å². The zero-order valence-electron chi connectivity index (χ0n) is 11.3. The first-order valence-electron chi connectivity index (χ1n) is 6.20. The Morgan fingerprint density at radius 3 is 2.55 bits per heavy atom. The molecule has 1 unspecified atom stereocenters. The van der Waals surface area contributed by atoms with Crippen molar-refractivity contribution in [1.29, 1.82) is 0 Å². The molecule has 0 aliphatic carbocycles. The summed E-state index contributed by atoms with van der Waals surface area (Å²) in [6.07, 6.45) is 0.895. The monoisotopic (exact) mass is 290 g/mol. The molecular formula is C15H15ClN2O2. The van der Waals surface area contributed by atoms with Crippen LogP contribution in [0.4, 0.5) is 5.69 Å². The molecule has 0 bridgehead atoms. The van der Waals surface area contributed by atoms with Crippen LogP contribution in [0.1, 0.15) is 12.5 Å². The van der Waals surface area contributed by atoms with Crippen LogP contribution in [0.5, 0.6) is 5.75 Å². The summed E-state index contributed by atoms with van der Waals surface area (Å²) in [7, 11) is 0. The number of aryl methyl sites for hydroxylation is 1.